The molecule has 1 aliphatic heterocycles. The summed E-state index contributed by atoms with van der Waals surface area (Å²) in [6, 6.07) is 6.04. The molecule has 3 rings (SSSR count). The molecule has 0 saturated carbocycles. The van der Waals surface area contributed by atoms with Crippen LogP contribution in [-0.4, -0.2) is 17.3 Å². The van der Waals surface area contributed by atoms with Crippen molar-refractivity contribution < 1.29 is 9.15 Å². The summed E-state index contributed by atoms with van der Waals surface area (Å²) in [5, 5.41) is 0. The van der Waals surface area contributed by atoms with E-state index in [1.54, 1.807) is 4.57 Å². The molecule has 2 aromatic rings. The second-order valence-electron chi connectivity index (χ2n) is 5.68. The van der Waals surface area contributed by atoms with Crippen LogP contribution >= 0.6 is 15.9 Å². The number of hydrogen-bond acceptors (Lipinski definition) is 3. The summed E-state index contributed by atoms with van der Waals surface area (Å²) in [6.45, 7) is 5.67. The van der Waals surface area contributed by atoms with Gasteiger partial charge in [0.25, 0.3) is 0 Å². The van der Waals surface area contributed by atoms with E-state index in [9.17, 15) is 4.79 Å². The van der Waals surface area contributed by atoms with Crippen LogP contribution in [0.5, 0.6) is 0 Å². The minimum atomic E-state index is -0.271. The molecule has 0 amide bonds. The molecule has 3 atom stereocenters. The van der Waals surface area contributed by atoms with Crippen LogP contribution in [0, 0.1) is 5.92 Å². The quantitative estimate of drug-likeness (QED) is 0.783. The van der Waals surface area contributed by atoms with Crippen molar-refractivity contribution in [3.05, 3.63) is 34.3 Å². The Morgan fingerprint density at radius 1 is 1.48 bits per heavy atom. The number of nitrogens with zero attached hydrogens (tertiary/aromatic N) is 1. The van der Waals surface area contributed by atoms with Crippen molar-refractivity contribution in [1.29, 1.82) is 0 Å². The summed E-state index contributed by atoms with van der Waals surface area (Å²) >= 11 is 3.79. The lowest BCUT2D eigenvalue weighted by Crippen LogP contribution is -2.16. The van der Waals surface area contributed by atoms with Crippen LogP contribution in [-0.2, 0) is 11.3 Å². The molecule has 2 heterocycles. The monoisotopic (exact) mass is 353 g/mol. The lowest BCUT2D eigenvalue weighted by molar-refractivity contribution is 0.105. The summed E-state index contributed by atoms with van der Waals surface area (Å²) in [5.41, 5.74) is 2.69. The predicted molar refractivity (Wildman–Crippen MR) is 86.0 cm³/mol. The summed E-state index contributed by atoms with van der Waals surface area (Å²) in [7, 11) is 0. The summed E-state index contributed by atoms with van der Waals surface area (Å²) in [5.74, 6) is 0.180. The van der Waals surface area contributed by atoms with Crippen LogP contribution in [0.15, 0.2) is 27.4 Å². The molecule has 0 radical (unpaired) electrons. The highest BCUT2D eigenvalue weighted by molar-refractivity contribution is 9.09. The third-order valence-corrected chi connectivity index (χ3v) is 5.48. The lowest BCUT2D eigenvalue weighted by Gasteiger charge is -2.20. The number of alkyl halides is 1. The van der Waals surface area contributed by atoms with Gasteiger partial charge < -0.3 is 9.15 Å². The Labute approximate surface area is 132 Å². The van der Waals surface area contributed by atoms with Crippen molar-refractivity contribution in [3.8, 4) is 0 Å². The Bertz CT molecular complexity index is 690. The molecule has 4 nitrogen and oxygen atoms in total. The number of aryl methyl sites for hydroxylation is 1. The Balaban J connectivity index is 1.96. The van der Waals surface area contributed by atoms with E-state index in [-0.39, 0.29) is 16.7 Å². The van der Waals surface area contributed by atoms with Gasteiger partial charge in [-0.2, -0.15) is 0 Å². The molecule has 5 heteroatoms. The van der Waals surface area contributed by atoms with Gasteiger partial charge in [0.1, 0.15) is 0 Å². The highest BCUT2D eigenvalue weighted by Crippen LogP contribution is 2.40. The summed E-state index contributed by atoms with van der Waals surface area (Å²) in [4.78, 5) is 12.1. The SMILES string of the molecule is CCCn1c(=O)oc2cc(C(Br)C3CCOC3C)ccc21. The number of benzene rings is 1. The maximum absolute atomic E-state index is 11.9. The molecule has 0 aliphatic carbocycles. The number of aromatic nitrogens is 1. The Kier molecular flexibility index (Phi) is 4.22. The zero-order valence-corrected chi connectivity index (χ0v) is 13.9. The molecule has 0 spiro atoms. The molecule has 0 N–H and O–H groups in total. The molecular weight excluding hydrogens is 334 g/mol. The zero-order valence-electron chi connectivity index (χ0n) is 12.3. The van der Waals surface area contributed by atoms with Gasteiger partial charge in [-0.05, 0) is 37.5 Å². The van der Waals surface area contributed by atoms with E-state index in [0.717, 1.165) is 30.5 Å². The van der Waals surface area contributed by atoms with Crippen molar-refractivity contribution in [2.75, 3.05) is 6.61 Å². The molecule has 1 aromatic carbocycles. The molecule has 1 saturated heterocycles. The van der Waals surface area contributed by atoms with Gasteiger partial charge >= 0.3 is 5.76 Å². The highest BCUT2D eigenvalue weighted by atomic mass is 79.9. The molecule has 21 heavy (non-hydrogen) atoms. The van der Waals surface area contributed by atoms with Crippen LogP contribution in [0.25, 0.3) is 11.1 Å². The number of rotatable bonds is 4. The Morgan fingerprint density at radius 2 is 2.29 bits per heavy atom. The first-order chi connectivity index (χ1) is 10.1. The van der Waals surface area contributed by atoms with Crippen LogP contribution in [0.2, 0.25) is 0 Å². The van der Waals surface area contributed by atoms with Gasteiger partial charge in [0.2, 0.25) is 0 Å². The zero-order chi connectivity index (χ0) is 15.0. The lowest BCUT2D eigenvalue weighted by atomic mass is 9.94. The molecule has 3 unspecified atom stereocenters. The van der Waals surface area contributed by atoms with E-state index in [1.807, 2.05) is 12.1 Å². The standard InChI is InChI=1S/C16H20BrNO3/c1-3-7-18-13-5-4-11(9-14(13)21-16(18)19)15(17)12-6-8-20-10(12)2/h4-5,9-10,12,15H,3,6-8H2,1-2H3. The van der Waals surface area contributed by atoms with Crippen molar-refractivity contribution in [2.45, 2.75) is 44.2 Å². The first-order valence-corrected chi connectivity index (χ1v) is 8.42. The van der Waals surface area contributed by atoms with Crippen LogP contribution < -0.4 is 5.76 Å². The average Bonchev–Trinajstić information content (AvgIpc) is 3.02. The topological polar surface area (TPSA) is 44.4 Å². The van der Waals surface area contributed by atoms with Gasteiger partial charge in [0, 0.05) is 23.9 Å². The minimum Gasteiger partial charge on any atom is -0.408 e. The van der Waals surface area contributed by atoms with Gasteiger partial charge in [-0.1, -0.05) is 28.9 Å². The molecule has 114 valence electrons. The van der Waals surface area contributed by atoms with E-state index in [4.69, 9.17) is 9.15 Å². The summed E-state index contributed by atoms with van der Waals surface area (Å²) in [6.07, 6.45) is 2.21. The molecule has 1 fully saturated rings. The van der Waals surface area contributed by atoms with E-state index in [2.05, 4.69) is 35.8 Å². The number of ether oxygens (including phenoxy) is 1. The average molecular weight is 354 g/mol. The normalized spacial score (nSPS) is 23.8. The summed E-state index contributed by atoms with van der Waals surface area (Å²) < 4.78 is 12.7. The van der Waals surface area contributed by atoms with Gasteiger partial charge in [-0.15, -0.1) is 0 Å². The van der Waals surface area contributed by atoms with Crippen LogP contribution in [0.3, 0.4) is 0 Å². The van der Waals surface area contributed by atoms with E-state index in [1.165, 1.54) is 0 Å². The maximum atomic E-state index is 11.9. The maximum Gasteiger partial charge on any atom is 0.419 e. The Morgan fingerprint density at radius 3 is 2.95 bits per heavy atom. The minimum absolute atomic E-state index is 0.222. The van der Waals surface area contributed by atoms with Crippen molar-refractivity contribution in [3.63, 3.8) is 0 Å². The third kappa shape index (κ3) is 2.69. The van der Waals surface area contributed by atoms with Crippen molar-refractivity contribution in [1.82, 2.24) is 4.57 Å². The number of halogens is 1. The van der Waals surface area contributed by atoms with Crippen molar-refractivity contribution in [2.24, 2.45) is 5.92 Å². The fourth-order valence-electron chi connectivity index (χ4n) is 3.07. The van der Waals surface area contributed by atoms with Gasteiger partial charge in [-0.25, -0.2) is 4.79 Å². The molecule has 0 bridgehead atoms. The molecule has 1 aliphatic rings. The fourth-order valence-corrected chi connectivity index (χ4v) is 4.05. The van der Waals surface area contributed by atoms with E-state index in [0.29, 0.717) is 18.0 Å². The second kappa shape index (κ2) is 5.97. The second-order valence-corrected chi connectivity index (χ2v) is 6.66. The van der Waals surface area contributed by atoms with Crippen LogP contribution in [0.1, 0.15) is 37.1 Å². The van der Waals surface area contributed by atoms with Gasteiger partial charge in [0.05, 0.1) is 11.6 Å². The van der Waals surface area contributed by atoms with E-state index < -0.39 is 0 Å². The first kappa shape index (κ1) is 14.9. The van der Waals surface area contributed by atoms with Gasteiger partial charge in [0.15, 0.2) is 5.58 Å². The smallest absolute Gasteiger partial charge is 0.408 e. The first-order valence-electron chi connectivity index (χ1n) is 7.50. The largest absolute Gasteiger partial charge is 0.419 e. The van der Waals surface area contributed by atoms with Crippen molar-refractivity contribution >= 4 is 27.0 Å². The third-order valence-electron chi connectivity index (χ3n) is 4.27. The van der Waals surface area contributed by atoms with Crippen LogP contribution in [0.4, 0.5) is 0 Å². The Hall–Kier alpha value is -1.07. The number of oxazole rings is 1. The molecular formula is C16H20BrNO3. The molecule has 1 aromatic heterocycles. The van der Waals surface area contributed by atoms with E-state index >= 15 is 0 Å². The highest BCUT2D eigenvalue weighted by Gasteiger charge is 2.31. The number of hydrogen-bond donors (Lipinski definition) is 0. The van der Waals surface area contributed by atoms with Gasteiger partial charge in [-0.3, -0.25) is 4.57 Å². The predicted octanol–water partition coefficient (Wildman–Crippen LogP) is 3.87. The number of fused-ring (bicyclic) bond motifs is 1. The fraction of sp³-hybridized carbons (Fsp3) is 0.562.